The van der Waals surface area contributed by atoms with E-state index in [9.17, 15) is 0 Å². The van der Waals surface area contributed by atoms with Gasteiger partial charge in [0.05, 0.1) is 6.20 Å². The standard InChI is InChI=1S/C12H17N3S/c1-9-11(7-14-15(9)3)12(13-2)6-10-4-5-16-8-10/h4-5,7-8,12-13H,6H2,1-3H3. The van der Waals surface area contributed by atoms with Gasteiger partial charge in [-0.3, -0.25) is 4.68 Å². The number of thiophene rings is 1. The van der Waals surface area contributed by atoms with Crippen molar-refractivity contribution in [2.24, 2.45) is 7.05 Å². The summed E-state index contributed by atoms with van der Waals surface area (Å²) >= 11 is 1.75. The van der Waals surface area contributed by atoms with Crippen LogP contribution in [0.3, 0.4) is 0 Å². The van der Waals surface area contributed by atoms with Gasteiger partial charge in [-0.25, -0.2) is 0 Å². The minimum atomic E-state index is 0.350. The van der Waals surface area contributed by atoms with E-state index in [4.69, 9.17) is 0 Å². The van der Waals surface area contributed by atoms with Gasteiger partial charge in [0.2, 0.25) is 0 Å². The van der Waals surface area contributed by atoms with Gasteiger partial charge in [0, 0.05) is 24.3 Å². The number of rotatable bonds is 4. The average molecular weight is 235 g/mol. The first kappa shape index (κ1) is 11.4. The molecule has 0 amide bonds. The van der Waals surface area contributed by atoms with Gasteiger partial charge in [-0.15, -0.1) is 0 Å². The zero-order valence-corrected chi connectivity index (χ0v) is 10.7. The Bertz CT molecular complexity index is 445. The topological polar surface area (TPSA) is 29.9 Å². The van der Waals surface area contributed by atoms with Crippen LogP contribution in [0.2, 0.25) is 0 Å². The molecule has 0 aromatic carbocycles. The minimum absolute atomic E-state index is 0.350. The monoisotopic (exact) mass is 235 g/mol. The molecule has 0 fully saturated rings. The van der Waals surface area contributed by atoms with Gasteiger partial charge in [0.1, 0.15) is 0 Å². The summed E-state index contributed by atoms with van der Waals surface area (Å²) in [7, 11) is 3.99. The van der Waals surface area contributed by atoms with Crippen molar-refractivity contribution in [2.75, 3.05) is 7.05 Å². The van der Waals surface area contributed by atoms with E-state index in [1.54, 1.807) is 11.3 Å². The van der Waals surface area contributed by atoms with Crippen molar-refractivity contribution in [3.8, 4) is 0 Å². The second-order valence-electron chi connectivity index (χ2n) is 3.99. The second-order valence-corrected chi connectivity index (χ2v) is 4.77. The van der Waals surface area contributed by atoms with Crippen LogP contribution in [0.5, 0.6) is 0 Å². The molecule has 16 heavy (non-hydrogen) atoms. The van der Waals surface area contributed by atoms with Gasteiger partial charge in [-0.2, -0.15) is 16.4 Å². The lowest BCUT2D eigenvalue weighted by Crippen LogP contribution is -2.19. The molecule has 1 atom stereocenters. The lowest BCUT2D eigenvalue weighted by atomic mass is 10.0. The molecule has 4 heteroatoms. The molecule has 3 nitrogen and oxygen atoms in total. The zero-order valence-electron chi connectivity index (χ0n) is 9.90. The van der Waals surface area contributed by atoms with Gasteiger partial charge in [0.25, 0.3) is 0 Å². The fourth-order valence-corrected chi connectivity index (χ4v) is 2.55. The number of nitrogens with one attached hydrogen (secondary N) is 1. The van der Waals surface area contributed by atoms with Gasteiger partial charge < -0.3 is 5.32 Å². The van der Waals surface area contributed by atoms with E-state index in [0.717, 1.165) is 6.42 Å². The Morgan fingerprint density at radius 2 is 2.38 bits per heavy atom. The van der Waals surface area contributed by atoms with Crippen molar-refractivity contribution in [1.29, 1.82) is 0 Å². The largest absolute Gasteiger partial charge is 0.313 e. The molecule has 2 aromatic rings. The highest BCUT2D eigenvalue weighted by molar-refractivity contribution is 7.07. The Kier molecular flexibility index (Phi) is 3.41. The average Bonchev–Trinajstić information content (AvgIpc) is 2.88. The van der Waals surface area contributed by atoms with E-state index in [0.29, 0.717) is 6.04 Å². The summed E-state index contributed by atoms with van der Waals surface area (Å²) in [6, 6.07) is 2.53. The van der Waals surface area contributed by atoms with E-state index in [1.807, 2.05) is 25.0 Å². The van der Waals surface area contributed by atoms with Crippen molar-refractivity contribution in [1.82, 2.24) is 15.1 Å². The van der Waals surface area contributed by atoms with Gasteiger partial charge >= 0.3 is 0 Å². The summed E-state index contributed by atoms with van der Waals surface area (Å²) in [5.41, 5.74) is 3.90. The Morgan fingerprint density at radius 1 is 1.56 bits per heavy atom. The van der Waals surface area contributed by atoms with E-state index in [2.05, 4.69) is 34.2 Å². The van der Waals surface area contributed by atoms with Crippen LogP contribution in [0.25, 0.3) is 0 Å². The maximum Gasteiger partial charge on any atom is 0.0540 e. The number of likely N-dealkylation sites (N-methyl/N-ethyl adjacent to an activating group) is 1. The lowest BCUT2D eigenvalue weighted by Gasteiger charge is -2.15. The van der Waals surface area contributed by atoms with Gasteiger partial charge in [-0.05, 0) is 42.8 Å². The first-order chi connectivity index (χ1) is 7.72. The van der Waals surface area contributed by atoms with Crippen molar-refractivity contribution in [3.05, 3.63) is 39.8 Å². The first-order valence-corrected chi connectivity index (χ1v) is 6.33. The fourth-order valence-electron chi connectivity index (χ4n) is 1.87. The normalized spacial score (nSPS) is 12.9. The van der Waals surface area contributed by atoms with Crippen LogP contribution < -0.4 is 5.32 Å². The molecule has 2 aromatic heterocycles. The Labute approximate surface area is 100 Å². The molecule has 0 saturated heterocycles. The van der Waals surface area contributed by atoms with Crippen LogP contribution in [-0.4, -0.2) is 16.8 Å². The van der Waals surface area contributed by atoms with Crippen LogP contribution in [-0.2, 0) is 13.5 Å². The molecule has 1 unspecified atom stereocenters. The number of hydrogen-bond donors (Lipinski definition) is 1. The highest BCUT2D eigenvalue weighted by atomic mass is 32.1. The molecule has 0 bridgehead atoms. The zero-order chi connectivity index (χ0) is 11.5. The third-order valence-electron chi connectivity index (χ3n) is 3.02. The first-order valence-electron chi connectivity index (χ1n) is 5.39. The Hall–Kier alpha value is -1.13. The predicted molar refractivity (Wildman–Crippen MR) is 67.8 cm³/mol. The summed E-state index contributed by atoms with van der Waals surface area (Å²) in [6.45, 7) is 2.11. The second kappa shape index (κ2) is 4.80. The Morgan fingerprint density at radius 3 is 2.88 bits per heavy atom. The van der Waals surface area contributed by atoms with E-state index >= 15 is 0 Å². The molecule has 1 N–H and O–H groups in total. The van der Waals surface area contributed by atoms with Crippen molar-refractivity contribution in [2.45, 2.75) is 19.4 Å². The molecule has 2 heterocycles. The van der Waals surface area contributed by atoms with Crippen LogP contribution >= 0.6 is 11.3 Å². The van der Waals surface area contributed by atoms with Crippen molar-refractivity contribution >= 4 is 11.3 Å². The summed E-state index contributed by atoms with van der Waals surface area (Å²) in [4.78, 5) is 0. The van der Waals surface area contributed by atoms with Crippen LogP contribution in [0.1, 0.15) is 22.9 Å². The molecule has 0 spiro atoms. The fraction of sp³-hybridized carbons (Fsp3) is 0.417. The molecular weight excluding hydrogens is 218 g/mol. The number of hydrogen-bond acceptors (Lipinski definition) is 3. The van der Waals surface area contributed by atoms with E-state index in [1.165, 1.54) is 16.8 Å². The number of nitrogens with zero attached hydrogens (tertiary/aromatic N) is 2. The predicted octanol–water partition coefficient (Wildman–Crippen LogP) is 2.29. The third kappa shape index (κ3) is 2.18. The molecule has 0 saturated carbocycles. The third-order valence-corrected chi connectivity index (χ3v) is 3.75. The van der Waals surface area contributed by atoms with Crippen LogP contribution in [0.4, 0.5) is 0 Å². The molecule has 2 rings (SSSR count). The van der Waals surface area contributed by atoms with Crippen LogP contribution in [0.15, 0.2) is 23.0 Å². The van der Waals surface area contributed by atoms with Gasteiger partial charge in [-0.1, -0.05) is 0 Å². The maximum absolute atomic E-state index is 4.29. The van der Waals surface area contributed by atoms with Crippen LogP contribution in [0, 0.1) is 6.92 Å². The quantitative estimate of drug-likeness (QED) is 0.881. The molecule has 0 aliphatic carbocycles. The smallest absolute Gasteiger partial charge is 0.0540 e. The maximum atomic E-state index is 4.29. The SMILES string of the molecule is CNC(Cc1ccsc1)c1cnn(C)c1C. The molecule has 86 valence electrons. The summed E-state index contributed by atoms with van der Waals surface area (Å²) in [5.74, 6) is 0. The molecule has 0 aliphatic rings. The summed E-state index contributed by atoms with van der Waals surface area (Å²) in [6.07, 6.45) is 2.98. The highest BCUT2D eigenvalue weighted by Crippen LogP contribution is 2.21. The molecular formula is C12H17N3S. The lowest BCUT2D eigenvalue weighted by molar-refractivity contribution is 0.587. The number of aromatic nitrogens is 2. The molecule has 0 aliphatic heterocycles. The van der Waals surface area contributed by atoms with Gasteiger partial charge in [0.15, 0.2) is 0 Å². The number of aryl methyl sites for hydroxylation is 1. The summed E-state index contributed by atoms with van der Waals surface area (Å²) < 4.78 is 1.92. The van der Waals surface area contributed by atoms with E-state index in [-0.39, 0.29) is 0 Å². The highest BCUT2D eigenvalue weighted by Gasteiger charge is 2.15. The Balaban J connectivity index is 2.20. The van der Waals surface area contributed by atoms with Crippen molar-refractivity contribution in [3.63, 3.8) is 0 Å². The van der Waals surface area contributed by atoms with Crippen molar-refractivity contribution < 1.29 is 0 Å². The summed E-state index contributed by atoms with van der Waals surface area (Å²) in [5, 5.41) is 12.0. The minimum Gasteiger partial charge on any atom is -0.313 e. The van der Waals surface area contributed by atoms with E-state index < -0.39 is 0 Å². The molecule has 0 radical (unpaired) electrons.